The van der Waals surface area contributed by atoms with E-state index in [1.54, 1.807) is 18.2 Å². The molecule has 3 aromatic carbocycles. The van der Waals surface area contributed by atoms with Gasteiger partial charge in [0.05, 0.1) is 24.6 Å². The summed E-state index contributed by atoms with van der Waals surface area (Å²) in [5.41, 5.74) is 14.1. The van der Waals surface area contributed by atoms with Gasteiger partial charge in [0.15, 0.2) is 0 Å². The minimum absolute atomic E-state index is 0.137. The summed E-state index contributed by atoms with van der Waals surface area (Å²) in [6, 6.07) is 19.4. The third kappa shape index (κ3) is 6.85. The van der Waals surface area contributed by atoms with Crippen molar-refractivity contribution in [3.05, 3.63) is 119 Å². The number of para-hydroxylation sites is 1. The highest BCUT2D eigenvalue weighted by molar-refractivity contribution is 6.01. The number of ether oxygens (including phenoxy) is 1. The number of amides is 2. The Morgan fingerprint density at radius 1 is 1.00 bits per heavy atom. The molecule has 1 saturated heterocycles. The number of H-pyrrole nitrogens is 1. The maximum atomic E-state index is 12.9. The first-order valence-electron chi connectivity index (χ1n) is 17.7. The summed E-state index contributed by atoms with van der Waals surface area (Å²) < 4.78 is 9.21. The molecule has 2 aliphatic heterocycles. The number of carbonyl (C=O) groups is 2. The Kier molecular flexibility index (Phi) is 9.14. The van der Waals surface area contributed by atoms with Crippen LogP contribution in [0.2, 0.25) is 0 Å². The van der Waals surface area contributed by atoms with Gasteiger partial charge >= 0.3 is 6.09 Å². The molecule has 0 radical (unpaired) electrons. The number of aromatic amines is 1. The molecule has 0 bridgehead atoms. The molecule has 5 heterocycles. The van der Waals surface area contributed by atoms with Crippen molar-refractivity contribution in [2.24, 2.45) is 12.8 Å². The molecule has 13 heteroatoms. The number of nitrogens with two attached hydrogens (primary N) is 1. The van der Waals surface area contributed by atoms with E-state index >= 15 is 0 Å². The Morgan fingerprint density at radius 2 is 1.83 bits per heavy atom. The van der Waals surface area contributed by atoms with Crippen LogP contribution in [-0.4, -0.2) is 85.3 Å². The number of hydrogen-bond donors (Lipinski definition) is 5. The second-order valence-corrected chi connectivity index (χ2v) is 13.8. The molecule has 52 heavy (non-hydrogen) atoms. The SMILES string of the molecule is Cn1cnc(Cn2cc(CN3CCN(CCOC(N)=O)CC3)c3ccc(CNCc4[nH]c5ccccc5c4C4NC(=O)c5ccc(O)cc54)cc32)c1. The van der Waals surface area contributed by atoms with Crippen LogP contribution in [0, 0.1) is 0 Å². The third-order valence-electron chi connectivity index (χ3n) is 10.2. The van der Waals surface area contributed by atoms with Gasteiger partial charge in [0.2, 0.25) is 0 Å². The second-order valence-electron chi connectivity index (χ2n) is 13.8. The molecule has 1 unspecified atom stereocenters. The molecule has 1 fully saturated rings. The number of phenols is 1. The smallest absolute Gasteiger partial charge is 0.404 e. The lowest BCUT2D eigenvalue weighted by Gasteiger charge is -2.34. The number of carbonyl (C=O) groups excluding carboxylic acids is 2. The van der Waals surface area contributed by atoms with Gasteiger partial charge in [0, 0.05) is 110 Å². The van der Waals surface area contributed by atoms with Crippen molar-refractivity contribution in [3.63, 3.8) is 0 Å². The number of primary amides is 1. The van der Waals surface area contributed by atoms with Crippen molar-refractivity contribution in [2.75, 3.05) is 39.3 Å². The minimum atomic E-state index is -0.729. The molecule has 8 rings (SSSR count). The van der Waals surface area contributed by atoms with E-state index < -0.39 is 6.09 Å². The van der Waals surface area contributed by atoms with E-state index in [0.717, 1.165) is 71.7 Å². The van der Waals surface area contributed by atoms with E-state index in [9.17, 15) is 14.7 Å². The maximum Gasteiger partial charge on any atom is 0.404 e. The topological polar surface area (TPSA) is 159 Å². The Morgan fingerprint density at radius 3 is 2.63 bits per heavy atom. The van der Waals surface area contributed by atoms with Crippen molar-refractivity contribution >= 4 is 33.8 Å². The normalized spacial score (nSPS) is 16.5. The fourth-order valence-corrected chi connectivity index (χ4v) is 7.72. The number of imidazole rings is 1. The predicted molar refractivity (Wildman–Crippen MR) is 198 cm³/mol. The molecule has 0 saturated carbocycles. The van der Waals surface area contributed by atoms with Crippen molar-refractivity contribution < 1.29 is 19.4 Å². The summed E-state index contributed by atoms with van der Waals surface area (Å²) in [5, 5.41) is 19.4. The zero-order valence-electron chi connectivity index (χ0n) is 29.1. The zero-order valence-corrected chi connectivity index (χ0v) is 29.1. The number of fused-ring (bicyclic) bond motifs is 3. The summed E-state index contributed by atoms with van der Waals surface area (Å²) in [5.74, 6) is -0.00192. The van der Waals surface area contributed by atoms with Crippen LogP contribution in [0.4, 0.5) is 4.79 Å². The quantitative estimate of drug-likeness (QED) is 0.128. The number of aromatic hydroxyl groups is 1. The first-order valence-corrected chi connectivity index (χ1v) is 17.7. The molecule has 13 nitrogen and oxygen atoms in total. The molecule has 2 aliphatic rings. The van der Waals surface area contributed by atoms with E-state index in [-0.39, 0.29) is 17.7 Å². The van der Waals surface area contributed by atoms with Gasteiger partial charge in [-0.05, 0) is 47.0 Å². The minimum Gasteiger partial charge on any atom is -0.508 e. The van der Waals surface area contributed by atoms with E-state index in [0.29, 0.717) is 38.3 Å². The van der Waals surface area contributed by atoms with Crippen LogP contribution in [0.1, 0.15) is 50.0 Å². The van der Waals surface area contributed by atoms with Crippen LogP contribution in [0.25, 0.3) is 21.8 Å². The van der Waals surface area contributed by atoms with E-state index in [2.05, 4.69) is 71.6 Å². The van der Waals surface area contributed by atoms with Gasteiger partial charge in [-0.25, -0.2) is 9.78 Å². The van der Waals surface area contributed by atoms with Crippen LogP contribution >= 0.6 is 0 Å². The summed E-state index contributed by atoms with van der Waals surface area (Å²) >= 11 is 0. The molecule has 1 atom stereocenters. The van der Waals surface area contributed by atoms with Gasteiger partial charge in [-0.1, -0.05) is 30.3 Å². The number of benzene rings is 3. The number of phenolic OH excluding ortho intramolecular Hbond substituents is 1. The van der Waals surface area contributed by atoms with Crippen LogP contribution < -0.4 is 16.4 Å². The van der Waals surface area contributed by atoms with E-state index in [1.165, 1.54) is 16.5 Å². The number of aryl methyl sites for hydroxylation is 1. The van der Waals surface area contributed by atoms with Crippen LogP contribution in [0.3, 0.4) is 0 Å². The lowest BCUT2D eigenvalue weighted by Crippen LogP contribution is -2.46. The average molecular weight is 702 g/mol. The molecule has 268 valence electrons. The molecule has 2 amide bonds. The van der Waals surface area contributed by atoms with Gasteiger partial charge in [-0.2, -0.15) is 0 Å². The Labute approximate surface area is 301 Å². The first kappa shape index (κ1) is 33.5. The van der Waals surface area contributed by atoms with Crippen molar-refractivity contribution in [1.82, 2.24) is 39.5 Å². The highest BCUT2D eigenvalue weighted by atomic mass is 16.5. The summed E-state index contributed by atoms with van der Waals surface area (Å²) in [7, 11) is 1.99. The van der Waals surface area contributed by atoms with Crippen molar-refractivity contribution in [3.8, 4) is 5.75 Å². The number of piperazine rings is 1. The van der Waals surface area contributed by atoms with Gasteiger partial charge in [0.25, 0.3) is 5.91 Å². The van der Waals surface area contributed by atoms with Gasteiger partial charge < -0.3 is 40.3 Å². The molecule has 3 aromatic heterocycles. The molecule has 6 N–H and O–H groups in total. The number of hydrogen-bond acceptors (Lipinski definition) is 8. The lowest BCUT2D eigenvalue weighted by atomic mass is 9.95. The standard InChI is InChI=1S/C39H43N9O4/c1-45-22-27(42-24-45)23-48-21-26(20-47-12-10-46(11-13-47)14-15-52-39(40)51)29-8-6-25(16-35(29)48)18-41-19-34-36(31-4-2-3-5-33(31)43-34)37-32-17-28(49)7-9-30(32)38(50)44-37/h2-9,16-17,21-22,24,37,41,43,49H,10-15,18-20,23H2,1H3,(H2,40,51)(H,44,50). The predicted octanol–water partition coefficient (Wildman–Crippen LogP) is 3.95. The number of nitrogens with one attached hydrogen (secondary N) is 3. The molecule has 6 aromatic rings. The molecular formula is C39H43N9O4. The van der Waals surface area contributed by atoms with Gasteiger partial charge in [-0.15, -0.1) is 0 Å². The summed E-state index contributed by atoms with van der Waals surface area (Å²) in [6.07, 6.45) is 5.43. The van der Waals surface area contributed by atoms with Gasteiger partial charge in [-0.3, -0.25) is 14.6 Å². The maximum absolute atomic E-state index is 12.9. The zero-order chi connectivity index (χ0) is 35.8. The third-order valence-corrected chi connectivity index (χ3v) is 10.2. The molecule has 0 spiro atoms. The number of aromatic nitrogens is 4. The van der Waals surface area contributed by atoms with Crippen LogP contribution in [-0.2, 0) is 38.0 Å². The van der Waals surface area contributed by atoms with Crippen LogP contribution in [0.15, 0.2) is 79.4 Å². The number of nitrogens with zero attached hydrogens (tertiary/aromatic N) is 5. The fraction of sp³-hybridized carbons (Fsp3) is 0.308. The first-order chi connectivity index (χ1) is 25.3. The van der Waals surface area contributed by atoms with E-state index in [1.807, 2.05) is 36.1 Å². The molecule has 0 aliphatic carbocycles. The van der Waals surface area contributed by atoms with Crippen molar-refractivity contribution in [2.45, 2.75) is 32.2 Å². The highest BCUT2D eigenvalue weighted by Gasteiger charge is 2.33. The average Bonchev–Trinajstić information content (AvgIpc) is 3.88. The Balaban J connectivity index is 1.01. The molecular weight excluding hydrogens is 658 g/mol. The second kappa shape index (κ2) is 14.2. The largest absolute Gasteiger partial charge is 0.508 e. The number of rotatable bonds is 12. The van der Waals surface area contributed by atoms with Crippen LogP contribution in [0.5, 0.6) is 5.75 Å². The van der Waals surface area contributed by atoms with Gasteiger partial charge in [0.1, 0.15) is 12.4 Å². The lowest BCUT2D eigenvalue weighted by molar-refractivity contribution is 0.0957. The Bertz CT molecular complexity index is 2260. The monoisotopic (exact) mass is 701 g/mol. The summed E-state index contributed by atoms with van der Waals surface area (Å²) in [6.45, 7) is 7.39. The summed E-state index contributed by atoms with van der Waals surface area (Å²) in [4.78, 5) is 36.8. The highest BCUT2D eigenvalue weighted by Crippen LogP contribution is 2.38. The van der Waals surface area contributed by atoms with E-state index in [4.69, 9.17) is 10.5 Å². The Hall–Kier alpha value is -5.63. The van der Waals surface area contributed by atoms with Crippen molar-refractivity contribution in [1.29, 1.82) is 0 Å². The fourth-order valence-electron chi connectivity index (χ4n) is 7.72.